The number of hydrogen-bond donors (Lipinski definition) is 1. The van der Waals surface area contributed by atoms with E-state index < -0.39 is 0 Å². The lowest BCUT2D eigenvalue weighted by molar-refractivity contribution is 0.0764. The summed E-state index contributed by atoms with van der Waals surface area (Å²) in [6.07, 6.45) is 6.06. The van der Waals surface area contributed by atoms with Gasteiger partial charge in [0.05, 0.1) is 16.3 Å². The fourth-order valence-electron chi connectivity index (χ4n) is 2.88. The zero-order valence-electron chi connectivity index (χ0n) is 12.7. The fourth-order valence-corrected chi connectivity index (χ4v) is 3.73. The average molecular weight is 304 g/mol. The van der Waals surface area contributed by atoms with E-state index in [1.54, 1.807) is 0 Å². The van der Waals surface area contributed by atoms with Crippen LogP contribution in [0.3, 0.4) is 0 Å². The van der Waals surface area contributed by atoms with Gasteiger partial charge in [0.25, 0.3) is 5.91 Å². The van der Waals surface area contributed by atoms with Crippen LogP contribution in [0.2, 0.25) is 0 Å². The summed E-state index contributed by atoms with van der Waals surface area (Å²) < 4.78 is 0. The highest BCUT2D eigenvalue weighted by Gasteiger charge is 2.22. The topological polar surface area (TPSA) is 46.3 Å². The molecule has 1 atom stereocenters. The lowest BCUT2D eigenvalue weighted by Crippen LogP contribution is -2.31. The van der Waals surface area contributed by atoms with E-state index >= 15 is 0 Å². The summed E-state index contributed by atoms with van der Waals surface area (Å²) in [4.78, 5) is 16.3. The van der Waals surface area contributed by atoms with Gasteiger partial charge in [-0.15, -0.1) is 11.3 Å². The van der Waals surface area contributed by atoms with Crippen molar-refractivity contribution < 1.29 is 4.79 Å². The number of amides is 1. The fraction of sp³-hybridized carbons (Fsp3) is 0.588. The first-order valence-corrected chi connectivity index (χ1v) is 8.64. The van der Waals surface area contributed by atoms with Crippen LogP contribution < -0.4 is 5.73 Å². The molecule has 0 aliphatic carbocycles. The van der Waals surface area contributed by atoms with Crippen molar-refractivity contribution in [2.75, 3.05) is 19.6 Å². The number of nitrogens with two attached hydrogens (primary N) is 1. The number of rotatable bonds is 3. The first-order valence-electron chi connectivity index (χ1n) is 7.82. The number of hydrogen-bond acceptors (Lipinski definition) is 3. The van der Waals surface area contributed by atoms with Gasteiger partial charge in [0, 0.05) is 13.1 Å². The standard InChI is InChI=1S/C17H24N2OS/c1-2-5-14-6-4-12-19(13-10-14)17(20)16-9-8-15(21-16)7-3-11-18/h8-9,14H,2,4-6,10-13,18H2,1H3. The molecule has 21 heavy (non-hydrogen) atoms. The summed E-state index contributed by atoms with van der Waals surface area (Å²) >= 11 is 1.47. The van der Waals surface area contributed by atoms with Crippen LogP contribution in [0.15, 0.2) is 12.1 Å². The number of carbonyl (C=O) groups excluding carboxylic acids is 1. The van der Waals surface area contributed by atoms with Crippen LogP contribution in [0.4, 0.5) is 0 Å². The average Bonchev–Trinajstić information content (AvgIpc) is 2.84. The van der Waals surface area contributed by atoms with Crippen LogP contribution in [0, 0.1) is 17.8 Å². The van der Waals surface area contributed by atoms with E-state index in [9.17, 15) is 4.79 Å². The normalized spacial score (nSPS) is 18.8. The molecule has 2 heterocycles. The molecule has 0 saturated carbocycles. The second-order valence-electron chi connectivity index (χ2n) is 5.55. The second-order valence-corrected chi connectivity index (χ2v) is 6.63. The maximum atomic E-state index is 12.6. The van der Waals surface area contributed by atoms with Crippen molar-refractivity contribution in [1.82, 2.24) is 4.90 Å². The first-order chi connectivity index (χ1) is 10.2. The maximum Gasteiger partial charge on any atom is 0.263 e. The highest BCUT2D eigenvalue weighted by Crippen LogP contribution is 2.24. The predicted molar refractivity (Wildman–Crippen MR) is 88.4 cm³/mol. The monoisotopic (exact) mass is 304 g/mol. The van der Waals surface area contributed by atoms with Crippen molar-refractivity contribution in [3.63, 3.8) is 0 Å². The highest BCUT2D eigenvalue weighted by molar-refractivity contribution is 7.14. The van der Waals surface area contributed by atoms with E-state index in [1.807, 2.05) is 17.0 Å². The summed E-state index contributed by atoms with van der Waals surface area (Å²) in [5.41, 5.74) is 5.37. The number of carbonyl (C=O) groups is 1. The van der Waals surface area contributed by atoms with Gasteiger partial charge in [0.15, 0.2) is 0 Å². The molecule has 0 radical (unpaired) electrons. The molecule has 1 unspecified atom stereocenters. The smallest absolute Gasteiger partial charge is 0.263 e. The molecule has 0 spiro atoms. The minimum atomic E-state index is 0.165. The Kier molecular flexibility index (Phi) is 6.28. The van der Waals surface area contributed by atoms with Crippen molar-refractivity contribution >= 4 is 17.2 Å². The third kappa shape index (κ3) is 4.59. The summed E-state index contributed by atoms with van der Waals surface area (Å²) in [5, 5.41) is 0. The van der Waals surface area contributed by atoms with Crippen molar-refractivity contribution in [2.24, 2.45) is 11.7 Å². The van der Waals surface area contributed by atoms with Crippen LogP contribution in [0.5, 0.6) is 0 Å². The summed E-state index contributed by atoms with van der Waals surface area (Å²) in [5.74, 6) is 6.78. The number of nitrogens with zero attached hydrogens (tertiary/aromatic N) is 1. The minimum Gasteiger partial charge on any atom is -0.338 e. The van der Waals surface area contributed by atoms with Gasteiger partial charge >= 0.3 is 0 Å². The molecule has 3 nitrogen and oxygen atoms in total. The van der Waals surface area contributed by atoms with Crippen molar-refractivity contribution in [3.05, 3.63) is 21.9 Å². The Balaban J connectivity index is 1.97. The third-order valence-corrected chi connectivity index (χ3v) is 4.95. The second kappa shape index (κ2) is 8.21. The van der Waals surface area contributed by atoms with Crippen molar-refractivity contribution in [2.45, 2.75) is 39.0 Å². The van der Waals surface area contributed by atoms with E-state index in [0.717, 1.165) is 41.6 Å². The molecule has 1 aromatic heterocycles. The van der Waals surface area contributed by atoms with Crippen molar-refractivity contribution in [3.8, 4) is 11.8 Å². The lowest BCUT2D eigenvalue weighted by Gasteiger charge is -2.19. The van der Waals surface area contributed by atoms with Gasteiger partial charge in [-0.2, -0.15) is 0 Å². The Labute approximate surface area is 131 Å². The molecular formula is C17H24N2OS. The Morgan fingerprint density at radius 1 is 1.43 bits per heavy atom. The molecule has 2 N–H and O–H groups in total. The Bertz CT molecular complexity index is 526. The third-order valence-electron chi connectivity index (χ3n) is 3.96. The molecule has 1 aliphatic heterocycles. The highest BCUT2D eigenvalue weighted by atomic mass is 32.1. The molecule has 1 fully saturated rings. The van der Waals surface area contributed by atoms with Crippen LogP contribution in [0.25, 0.3) is 0 Å². The molecule has 0 bridgehead atoms. The summed E-state index contributed by atoms with van der Waals surface area (Å²) in [6.45, 7) is 4.38. The molecule has 114 valence electrons. The van der Waals surface area contributed by atoms with Crippen molar-refractivity contribution in [1.29, 1.82) is 0 Å². The summed E-state index contributed by atoms with van der Waals surface area (Å²) in [6, 6.07) is 3.81. The molecule has 2 rings (SSSR count). The Hall–Kier alpha value is -1.31. The molecule has 1 amide bonds. The van der Waals surface area contributed by atoms with Gasteiger partial charge in [0.1, 0.15) is 0 Å². The largest absolute Gasteiger partial charge is 0.338 e. The zero-order valence-corrected chi connectivity index (χ0v) is 13.5. The van der Waals surface area contributed by atoms with E-state index in [2.05, 4.69) is 18.8 Å². The van der Waals surface area contributed by atoms with E-state index in [4.69, 9.17) is 5.73 Å². The molecular weight excluding hydrogens is 280 g/mol. The lowest BCUT2D eigenvalue weighted by atomic mass is 9.96. The molecule has 4 heteroatoms. The van der Waals surface area contributed by atoms with Gasteiger partial charge in [-0.3, -0.25) is 4.79 Å². The van der Waals surface area contributed by atoms with E-state index in [-0.39, 0.29) is 5.91 Å². The van der Waals surface area contributed by atoms with Crippen LogP contribution in [-0.4, -0.2) is 30.4 Å². The molecule has 1 saturated heterocycles. The summed E-state index contributed by atoms with van der Waals surface area (Å²) in [7, 11) is 0. The van der Waals surface area contributed by atoms with Crippen LogP contribution in [-0.2, 0) is 0 Å². The quantitative estimate of drug-likeness (QED) is 0.872. The zero-order chi connectivity index (χ0) is 15.1. The molecule has 1 aliphatic rings. The predicted octanol–water partition coefficient (Wildman–Crippen LogP) is 3.10. The number of thiophene rings is 1. The van der Waals surface area contributed by atoms with Crippen LogP contribution in [0.1, 0.15) is 53.6 Å². The Morgan fingerprint density at radius 3 is 3.05 bits per heavy atom. The Morgan fingerprint density at radius 2 is 2.29 bits per heavy atom. The van der Waals surface area contributed by atoms with Gasteiger partial charge in [-0.1, -0.05) is 31.6 Å². The van der Waals surface area contributed by atoms with Gasteiger partial charge in [-0.25, -0.2) is 0 Å². The maximum absolute atomic E-state index is 12.6. The van der Waals surface area contributed by atoms with E-state index in [1.165, 1.54) is 30.6 Å². The molecule has 0 aromatic carbocycles. The van der Waals surface area contributed by atoms with E-state index in [0.29, 0.717) is 6.54 Å². The number of likely N-dealkylation sites (tertiary alicyclic amines) is 1. The SMILES string of the molecule is CCCC1CCCN(C(=O)c2ccc(C#CCN)s2)CC1. The van der Waals surface area contributed by atoms with Gasteiger partial charge in [-0.05, 0) is 37.3 Å². The molecule has 1 aromatic rings. The first kappa shape index (κ1) is 16.1. The minimum absolute atomic E-state index is 0.165. The van der Waals surface area contributed by atoms with Gasteiger partial charge in [0.2, 0.25) is 0 Å². The van der Waals surface area contributed by atoms with Gasteiger partial charge < -0.3 is 10.6 Å². The van der Waals surface area contributed by atoms with Crippen LogP contribution >= 0.6 is 11.3 Å².